The third-order valence-electron chi connectivity index (χ3n) is 4.38. The molecule has 0 spiro atoms. The zero-order valence-corrected chi connectivity index (χ0v) is 16.6. The summed E-state index contributed by atoms with van der Waals surface area (Å²) in [5.74, 6) is -0.792. The second-order valence-corrected chi connectivity index (χ2v) is 8.68. The first kappa shape index (κ1) is 20.7. The molecule has 0 atom stereocenters. The van der Waals surface area contributed by atoms with Gasteiger partial charge in [0.15, 0.2) is 0 Å². The molecular weight excluding hydrogens is 407 g/mol. The number of ether oxygens (including phenoxy) is 1. The molecule has 2 aromatic rings. The molecule has 1 fully saturated rings. The van der Waals surface area contributed by atoms with Crippen molar-refractivity contribution in [2.75, 3.05) is 31.6 Å². The van der Waals surface area contributed by atoms with Crippen LogP contribution in [0.15, 0.2) is 47.4 Å². The molecule has 0 aromatic heterocycles. The number of morpholine rings is 1. The first-order chi connectivity index (χ1) is 13.4. The molecule has 2 aromatic carbocycles. The summed E-state index contributed by atoms with van der Waals surface area (Å²) in [5.41, 5.74) is 1.26. The van der Waals surface area contributed by atoms with Crippen LogP contribution in [0.25, 0.3) is 0 Å². The predicted molar refractivity (Wildman–Crippen MR) is 104 cm³/mol. The lowest BCUT2D eigenvalue weighted by molar-refractivity contribution is -0.116. The number of nitrogens with one attached hydrogen (secondary N) is 1. The molecular formula is C19H20ClFN2O4S. The van der Waals surface area contributed by atoms with Crippen molar-refractivity contribution in [1.82, 2.24) is 4.31 Å². The molecule has 0 aliphatic carbocycles. The van der Waals surface area contributed by atoms with Gasteiger partial charge in [0.2, 0.25) is 15.9 Å². The number of halogens is 2. The molecule has 150 valence electrons. The highest BCUT2D eigenvalue weighted by Crippen LogP contribution is 2.20. The number of anilines is 1. The number of carbonyl (C=O) groups excluding carboxylic acids is 1. The monoisotopic (exact) mass is 426 g/mol. The largest absolute Gasteiger partial charge is 0.379 e. The molecule has 9 heteroatoms. The minimum absolute atomic E-state index is 0.0603. The van der Waals surface area contributed by atoms with E-state index in [1.165, 1.54) is 22.5 Å². The fraction of sp³-hybridized carbons (Fsp3) is 0.316. The van der Waals surface area contributed by atoms with E-state index in [-0.39, 0.29) is 22.2 Å². The Labute approximate surface area is 168 Å². The second kappa shape index (κ2) is 9.00. The Kier molecular flexibility index (Phi) is 6.66. The van der Waals surface area contributed by atoms with Gasteiger partial charge in [0.25, 0.3) is 0 Å². The van der Waals surface area contributed by atoms with Gasteiger partial charge in [0.1, 0.15) is 5.82 Å². The average molecular weight is 427 g/mol. The maximum Gasteiger partial charge on any atom is 0.243 e. The second-order valence-electron chi connectivity index (χ2n) is 6.34. The van der Waals surface area contributed by atoms with Crippen LogP contribution in [0.1, 0.15) is 12.0 Å². The quantitative estimate of drug-likeness (QED) is 0.770. The molecule has 1 N–H and O–H groups in total. The van der Waals surface area contributed by atoms with Crippen LogP contribution >= 0.6 is 11.6 Å². The third-order valence-corrected chi connectivity index (χ3v) is 6.58. The van der Waals surface area contributed by atoms with Crippen LogP contribution in [0.4, 0.5) is 10.1 Å². The van der Waals surface area contributed by atoms with Gasteiger partial charge in [-0.25, -0.2) is 12.8 Å². The summed E-state index contributed by atoms with van der Waals surface area (Å²) in [7, 11) is -3.53. The van der Waals surface area contributed by atoms with Crippen LogP contribution in [0.5, 0.6) is 0 Å². The molecule has 0 radical (unpaired) electrons. The van der Waals surface area contributed by atoms with E-state index in [1.54, 1.807) is 24.3 Å². The van der Waals surface area contributed by atoms with Gasteiger partial charge in [0, 0.05) is 25.2 Å². The van der Waals surface area contributed by atoms with Crippen molar-refractivity contribution in [3.8, 4) is 0 Å². The lowest BCUT2D eigenvalue weighted by Gasteiger charge is -2.26. The van der Waals surface area contributed by atoms with Crippen LogP contribution in [0.3, 0.4) is 0 Å². The predicted octanol–water partition coefficient (Wildman–Crippen LogP) is 3.07. The summed E-state index contributed by atoms with van der Waals surface area (Å²) in [6.07, 6.45) is 0.642. The number of hydrogen-bond acceptors (Lipinski definition) is 4. The minimum atomic E-state index is -3.53. The van der Waals surface area contributed by atoms with E-state index in [2.05, 4.69) is 5.32 Å². The van der Waals surface area contributed by atoms with Crippen molar-refractivity contribution < 1.29 is 22.3 Å². The van der Waals surface area contributed by atoms with Crippen LogP contribution < -0.4 is 5.32 Å². The van der Waals surface area contributed by atoms with Crippen molar-refractivity contribution in [3.05, 3.63) is 58.9 Å². The number of rotatable bonds is 6. The van der Waals surface area contributed by atoms with Crippen LogP contribution in [0, 0.1) is 5.82 Å². The van der Waals surface area contributed by atoms with E-state index in [4.69, 9.17) is 16.3 Å². The maximum atomic E-state index is 13.1. The highest BCUT2D eigenvalue weighted by Gasteiger charge is 2.26. The summed E-state index contributed by atoms with van der Waals surface area (Å²) >= 11 is 5.69. The van der Waals surface area contributed by atoms with Gasteiger partial charge in [-0.1, -0.05) is 23.7 Å². The topological polar surface area (TPSA) is 75.7 Å². The van der Waals surface area contributed by atoms with Gasteiger partial charge in [-0.3, -0.25) is 4.79 Å². The van der Waals surface area contributed by atoms with Crippen LogP contribution in [0.2, 0.25) is 5.02 Å². The van der Waals surface area contributed by atoms with Crippen molar-refractivity contribution in [2.45, 2.75) is 17.7 Å². The molecule has 0 bridgehead atoms. The molecule has 1 aliphatic heterocycles. The summed E-state index contributed by atoms with van der Waals surface area (Å²) in [5, 5.41) is 2.59. The Morgan fingerprint density at radius 3 is 2.46 bits per heavy atom. The summed E-state index contributed by atoms with van der Waals surface area (Å²) in [4.78, 5) is 12.3. The van der Waals surface area contributed by atoms with E-state index in [9.17, 15) is 17.6 Å². The highest BCUT2D eigenvalue weighted by atomic mass is 35.5. The van der Waals surface area contributed by atoms with E-state index >= 15 is 0 Å². The van der Waals surface area contributed by atoms with Crippen molar-refractivity contribution in [3.63, 3.8) is 0 Å². The number of amides is 1. The average Bonchev–Trinajstić information content (AvgIpc) is 2.70. The molecule has 28 heavy (non-hydrogen) atoms. The number of carbonyl (C=O) groups is 1. The molecule has 0 saturated carbocycles. The molecule has 1 amide bonds. The molecule has 6 nitrogen and oxygen atoms in total. The smallest absolute Gasteiger partial charge is 0.243 e. The van der Waals surface area contributed by atoms with Gasteiger partial charge in [-0.15, -0.1) is 0 Å². The minimum Gasteiger partial charge on any atom is -0.379 e. The van der Waals surface area contributed by atoms with Crippen LogP contribution in [-0.4, -0.2) is 44.9 Å². The Bertz CT molecular complexity index is 945. The van der Waals surface area contributed by atoms with Gasteiger partial charge >= 0.3 is 0 Å². The molecule has 1 saturated heterocycles. The van der Waals surface area contributed by atoms with E-state index < -0.39 is 15.8 Å². The zero-order chi connectivity index (χ0) is 20.1. The summed E-state index contributed by atoms with van der Waals surface area (Å²) < 4.78 is 44.9. The first-order valence-electron chi connectivity index (χ1n) is 8.78. The number of hydrogen-bond donors (Lipinski definition) is 1. The van der Waals surface area contributed by atoms with E-state index in [0.717, 1.165) is 5.56 Å². The van der Waals surface area contributed by atoms with Gasteiger partial charge in [-0.2, -0.15) is 4.31 Å². The Hall–Kier alpha value is -2.00. The SMILES string of the molecule is O=C(CCc1ccc(S(=O)(=O)N2CCOCC2)cc1)Nc1ccc(F)c(Cl)c1. The normalized spacial score (nSPS) is 15.4. The van der Waals surface area contributed by atoms with E-state index in [0.29, 0.717) is 38.4 Å². The Morgan fingerprint density at radius 2 is 1.82 bits per heavy atom. The van der Waals surface area contributed by atoms with Crippen LogP contribution in [-0.2, 0) is 26.0 Å². The number of sulfonamides is 1. The fourth-order valence-corrected chi connectivity index (χ4v) is 4.41. The highest BCUT2D eigenvalue weighted by molar-refractivity contribution is 7.89. The standard InChI is InChI=1S/C19H20ClFN2O4S/c20-17-13-15(4-7-18(17)21)22-19(24)8-3-14-1-5-16(6-2-14)28(25,26)23-9-11-27-12-10-23/h1-2,4-7,13H,3,8-12H2,(H,22,24). The first-order valence-corrected chi connectivity index (χ1v) is 10.6. The Morgan fingerprint density at radius 1 is 1.14 bits per heavy atom. The number of benzene rings is 2. The fourth-order valence-electron chi connectivity index (χ4n) is 2.82. The van der Waals surface area contributed by atoms with Gasteiger partial charge in [0.05, 0.1) is 23.1 Å². The third kappa shape index (κ3) is 5.08. The summed E-state index contributed by atoms with van der Waals surface area (Å²) in [6, 6.07) is 10.5. The molecule has 0 unspecified atom stereocenters. The van der Waals surface area contributed by atoms with Gasteiger partial charge < -0.3 is 10.1 Å². The lowest BCUT2D eigenvalue weighted by atomic mass is 10.1. The van der Waals surface area contributed by atoms with Crippen molar-refractivity contribution in [1.29, 1.82) is 0 Å². The molecule has 1 heterocycles. The number of nitrogens with zero attached hydrogens (tertiary/aromatic N) is 1. The lowest BCUT2D eigenvalue weighted by Crippen LogP contribution is -2.40. The molecule has 1 aliphatic rings. The number of aryl methyl sites for hydroxylation is 1. The maximum absolute atomic E-state index is 13.1. The van der Waals surface area contributed by atoms with Crippen molar-refractivity contribution in [2.24, 2.45) is 0 Å². The molecule has 3 rings (SSSR count). The Balaban J connectivity index is 1.56. The summed E-state index contributed by atoms with van der Waals surface area (Å²) in [6.45, 7) is 1.48. The zero-order valence-electron chi connectivity index (χ0n) is 15.0. The van der Waals surface area contributed by atoms with E-state index in [1.807, 2.05) is 0 Å². The van der Waals surface area contributed by atoms with Crippen molar-refractivity contribution >= 4 is 33.2 Å². The van der Waals surface area contributed by atoms with Gasteiger partial charge in [-0.05, 0) is 42.3 Å².